The minimum absolute atomic E-state index is 0.431. The van der Waals surface area contributed by atoms with Gasteiger partial charge in [0.15, 0.2) is 0 Å². The Balaban J connectivity index is 2.23. The molecular weight excluding hydrogens is 144 g/mol. The average molecular weight is 166 g/mol. The summed E-state index contributed by atoms with van der Waals surface area (Å²) in [6, 6.07) is 0. The monoisotopic (exact) mass is 166 g/mol. The van der Waals surface area contributed by atoms with Crippen LogP contribution < -0.4 is 0 Å². The van der Waals surface area contributed by atoms with Gasteiger partial charge in [-0.15, -0.1) is 0 Å². The molecule has 1 aliphatic carbocycles. The standard InChI is InChI=1S/C12H22/c1-10(12(2,3)4)6-5-7-11-8-9-11/h5-6,10-11H,7-9H2,1-4H3. The maximum absolute atomic E-state index is 2.39. The number of allylic oxidation sites excluding steroid dienone is 2. The second-order valence-corrected chi connectivity index (χ2v) is 5.26. The fourth-order valence-electron chi connectivity index (χ4n) is 1.12. The first-order valence-corrected chi connectivity index (χ1v) is 5.17. The SMILES string of the molecule is CC(C=CCC1CC1)C(C)(C)C. The van der Waals surface area contributed by atoms with Crippen molar-refractivity contribution < 1.29 is 0 Å². The lowest BCUT2D eigenvalue weighted by atomic mass is 9.82. The van der Waals surface area contributed by atoms with Crippen molar-refractivity contribution >= 4 is 0 Å². The minimum atomic E-state index is 0.431. The Bertz CT molecular complexity index is 155. The lowest BCUT2D eigenvalue weighted by Crippen LogP contribution is -2.14. The molecule has 12 heavy (non-hydrogen) atoms. The Hall–Kier alpha value is -0.260. The predicted octanol–water partition coefficient (Wildman–Crippen LogP) is 4.02. The van der Waals surface area contributed by atoms with E-state index in [1.54, 1.807) is 0 Å². The zero-order valence-electron chi connectivity index (χ0n) is 8.93. The molecule has 0 spiro atoms. The Morgan fingerprint density at radius 1 is 1.33 bits per heavy atom. The molecule has 1 saturated carbocycles. The maximum atomic E-state index is 2.39. The Labute approximate surface area is 77.1 Å². The Kier molecular flexibility index (Phi) is 2.98. The van der Waals surface area contributed by atoms with Crippen molar-refractivity contribution in [2.24, 2.45) is 17.3 Å². The highest BCUT2D eigenvalue weighted by Crippen LogP contribution is 2.33. The van der Waals surface area contributed by atoms with E-state index in [2.05, 4.69) is 39.8 Å². The molecule has 0 heterocycles. The van der Waals surface area contributed by atoms with Gasteiger partial charge in [-0.2, -0.15) is 0 Å². The molecule has 70 valence electrons. The summed E-state index contributed by atoms with van der Waals surface area (Å²) in [7, 11) is 0. The van der Waals surface area contributed by atoms with Gasteiger partial charge in [0.05, 0.1) is 0 Å². The molecular formula is C12H22. The molecule has 0 nitrogen and oxygen atoms in total. The van der Waals surface area contributed by atoms with Gasteiger partial charge in [-0.1, -0.05) is 39.8 Å². The molecule has 0 N–H and O–H groups in total. The van der Waals surface area contributed by atoms with Crippen LogP contribution in [0.1, 0.15) is 47.0 Å². The van der Waals surface area contributed by atoms with E-state index < -0.39 is 0 Å². The van der Waals surface area contributed by atoms with Gasteiger partial charge < -0.3 is 0 Å². The lowest BCUT2D eigenvalue weighted by Gasteiger charge is -2.24. The fourth-order valence-corrected chi connectivity index (χ4v) is 1.12. The largest absolute Gasteiger partial charge is 0.0880 e. The van der Waals surface area contributed by atoms with E-state index >= 15 is 0 Å². The van der Waals surface area contributed by atoms with Crippen molar-refractivity contribution in [3.63, 3.8) is 0 Å². The third-order valence-corrected chi connectivity index (χ3v) is 2.96. The first kappa shape index (κ1) is 9.83. The van der Waals surface area contributed by atoms with E-state index in [-0.39, 0.29) is 0 Å². The quantitative estimate of drug-likeness (QED) is 0.555. The Morgan fingerprint density at radius 3 is 2.33 bits per heavy atom. The van der Waals surface area contributed by atoms with E-state index in [9.17, 15) is 0 Å². The summed E-state index contributed by atoms with van der Waals surface area (Å²) in [5.74, 6) is 1.74. The van der Waals surface area contributed by atoms with Gasteiger partial charge in [-0.3, -0.25) is 0 Å². The van der Waals surface area contributed by atoms with Gasteiger partial charge in [0.1, 0.15) is 0 Å². The van der Waals surface area contributed by atoms with Crippen LogP contribution in [0, 0.1) is 17.3 Å². The number of hydrogen-bond donors (Lipinski definition) is 0. The normalized spacial score (nSPS) is 21.7. The average Bonchev–Trinajstić information content (AvgIpc) is 2.69. The maximum Gasteiger partial charge on any atom is -0.0213 e. The van der Waals surface area contributed by atoms with Crippen LogP contribution in [0.4, 0.5) is 0 Å². The summed E-state index contributed by atoms with van der Waals surface area (Å²) in [4.78, 5) is 0. The van der Waals surface area contributed by atoms with Gasteiger partial charge in [-0.05, 0) is 36.5 Å². The molecule has 0 saturated heterocycles. The molecule has 0 aromatic rings. The molecule has 0 aromatic carbocycles. The highest BCUT2D eigenvalue weighted by Gasteiger charge is 2.20. The van der Waals surface area contributed by atoms with Crippen LogP contribution in [0.15, 0.2) is 12.2 Å². The van der Waals surface area contributed by atoms with E-state index in [1.807, 2.05) is 0 Å². The van der Waals surface area contributed by atoms with Crippen LogP contribution >= 0.6 is 0 Å². The molecule has 0 bridgehead atoms. The van der Waals surface area contributed by atoms with Crippen LogP contribution in [-0.2, 0) is 0 Å². The molecule has 0 heteroatoms. The number of hydrogen-bond acceptors (Lipinski definition) is 0. The number of rotatable bonds is 3. The first-order chi connectivity index (χ1) is 5.50. The van der Waals surface area contributed by atoms with Crippen molar-refractivity contribution in [1.82, 2.24) is 0 Å². The lowest BCUT2D eigenvalue weighted by molar-refractivity contribution is 0.314. The predicted molar refractivity (Wildman–Crippen MR) is 55.1 cm³/mol. The van der Waals surface area contributed by atoms with Gasteiger partial charge in [0.2, 0.25) is 0 Å². The fraction of sp³-hybridized carbons (Fsp3) is 0.833. The van der Waals surface area contributed by atoms with Crippen LogP contribution in [0.25, 0.3) is 0 Å². The molecule has 1 aliphatic rings. The van der Waals surface area contributed by atoms with E-state index in [4.69, 9.17) is 0 Å². The summed E-state index contributed by atoms with van der Waals surface area (Å²) in [6.07, 6.45) is 9.02. The van der Waals surface area contributed by atoms with Crippen LogP contribution in [-0.4, -0.2) is 0 Å². The van der Waals surface area contributed by atoms with Gasteiger partial charge >= 0.3 is 0 Å². The highest BCUT2D eigenvalue weighted by atomic mass is 14.3. The minimum Gasteiger partial charge on any atom is -0.0880 e. The van der Waals surface area contributed by atoms with Gasteiger partial charge in [-0.25, -0.2) is 0 Å². The topological polar surface area (TPSA) is 0 Å². The zero-order chi connectivity index (χ0) is 9.19. The molecule has 0 aliphatic heterocycles. The molecule has 1 atom stereocenters. The smallest absolute Gasteiger partial charge is 0.0213 e. The molecule has 1 unspecified atom stereocenters. The van der Waals surface area contributed by atoms with Crippen molar-refractivity contribution in [2.75, 3.05) is 0 Å². The first-order valence-electron chi connectivity index (χ1n) is 5.17. The molecule has 0 radical (unpaired) electrons. The van der Waals surface area contributed by atoms with E-state index in [0.29, 0.717) is 11.3 Å². The molecule has 1 rings (SSSR count). The zero-order valence-corrected chi connectivity index (χ0v) is 8.93. The van der Waals surface area contributed by atoms with Crippen LogP contribution in [0.5, 0.6) is 0 Å². The van der Waals surface area contributed by atoms with E-state index in [0.717, 1.165) is 5.92 Å². The van der Waals surface area contributed by atoms with Gasteiger partial charge in [0, 0.05) is 0 Å². The molecule has 0 amide bonds. The summed E-state index contributed by atoms with van der Waals surface area (Å²) >= 11 is 0. The molecule has 1 fully saturated rings. The highest BCUT2D eigenvalue weighted by molar-refractivity contribution is 4.94. The van der Waals surface area contributed by atoms with E-state index in [1.165, 1.54) is 19.3 Å². The summed E-state index contributed by atoms with van der Waals surface area (Å²) in [5.41, 5.74) is 0.431. The van der Waals surface area contributed by atoms with Gasteiger partial charge in [0.25, 0.3) is 0 Å². The third kappa shape index (κ3) is 3.42. The Morgan fingerprint density at radius 2 is 1.92 bits per heavy atom. The van der Waals surface area contributed by atoms with Crippen molar-refractivity contribution in [3.05, 3.63) is 12.2 Å². The van der Waals surface area contributed by atoms with Crippen molar-refractivity contribution in [1.29, 1.82) is 0 Å². The third-order valence-electron chi connectivity index (χ3n) is 2.96. The summed E-state index contributed by atoms with van der Waals surface area (Å²) in [6.45, 7) is 9.22. The van der Waals surface area contributed by atoms with Crippen LogP contribution in [0.2, 0.25) is 0 Å². The molecule has 0 aromatic heterocycles. The van der Waals surface area contributed by atoms with Crippen molar-refractivity contribution in [3.8, 4) is 0 Å². The van der Waals surface area contributed by atoms with Crippen LogP contribution in [0.3, 0.4) is 0 Å². The summed E-state index contributed by atoms with van der Waals surface area (Å²) < 4.78 is 0. The second kappa shape index (κ2) is 3.64. The van der Waals surface area contributed by atoms with Crippen molar-refractivity contribution in [2.45, 2.75) is 47.0 Å². The summed E-state index contributed by atoms with van der Waals surface area (Å²) in [5, 5.41) is 0. The second-order valence-electron chi connectivity index (χ2n) is 5.26.